The number of aliphatic hydroxyl groups excluding tert-OH is 1. The fourth-order valence-corrected chi connectivity index (χ4v) is 8.39. The van der Waals surface area contributed by atoms with E-state index in [1.54, 1.807) is 36.4 Å². The third kappa shape index (κ3) is 6.76. The number of rotatable bonds is 8. The van der Waals surface area contributed by atoms with Crippen molar-refractivity contribution in [1.82, 2.24) is 0 Å². The van der Waals surface area contributed by atoms with Crippen molar-refractivity contribution in [2.24, 2.45) is 11.8 Å². The highest BCUT2D eigenvalue weighted by atomic mass is 16.5. The van der Waals surface area contributed by atoms with Crippen LogP contribution in [0.2, 0.25) is 0 Å². The Labute approximate surface area is 330 Å². The molecule has 0 saturated carbocycles. The van der Waals surface area contributed by atoms with Crippen molar-refractivity contribution in [2.75, 3.05) is 0 Å². The Morgan fingerprint density at radius 2 is 1.09 bits per heavy atom. The lowest BCUT2D eigenvalue weighted by molar-refractivity contribution is 0.0171. The summed E-state index contributed by atoms with van der Waals surface area (Å²) in [6, 6.07) is 26.3. The van der Waals surface area contributed by atoms with Crippen molar-refractivity contribution in [3.05, 3.63) is 154 Å². The summed E-state index contributed by atoms with van der Waals surface area (Å²) < 4.78 is 13.4. The van der Waals surface area contributed by atoms with E-state index in [9.17, 15) is 51.1 Å². The molecule has 8 rings (SSSR count). The first-order valence-corrected chi connectivity index (χ1v) is 18.3. The third-order valence-corrected chi connectivity index (χ3v) is 11.0. The van der Waals surface area contributed by atoms with E-state index in [-0.39, 0.29) is 68.9 Å². The van der Waals surface area contributed by atoms with Crippen molar-refractivity contribution in [1.29, 1.82) is 0 Å². The summed E-state index contributed by atoms with van der Waals surface area (Å²) in [5.41, 5.74) is 1.39. The van der Waals surface area contributed by atoms with Crippen molar-refractivity contribution < 1.29 is 65.3 Å². The van der Waals surface area contributed by atoms with Crippen molar-refractivity contribution in [3.63, 3.8) is 0 Å². The summed E-state index contributed by atoms with van der Waals surface area (Å²) in [4.78, 5) is 15.2. The number of Topliss-reactive ketones (excluding diaryl/α,β-unsaturated/α-hetero) is 1. The number of aromatic hydroxyl groups is 9. The monoisotopic (exact) mass is 786 g/mol. The van der Waals surface area contributed by atoms with Gasteiger partial charge in [-0.1, -0.05) is 36.4 Å². The van der Waals surface area contributed by atoms with Crippen LogP contribution in [0.5, 0.6) is 57.5 Å². The Morgan fingerprint density at radius 3 is 1.67 bits per heavy atom. The van der Waals surface area contributed by atoms with Crippen molar-refractivity contribution in [2.45, 2.75) is 36.8 Å². The van der Waals surface area contributed by atoms with Crippen LogP contribution in [0.25, 0.3) is 0 Å². The number of phenolic OH excluding ortho intramolecular Hbond substituents is 9. The molecule has 0 radical (unpaired) electrons. The first-order valence-electron chi connectivity index (χ1n) is 18.3. The minimum Gasteiger partial charge on any atom is -0.508 e. The first kappa shape index (κ1) is 37.8. The molecular formula is C45H38O13. The molecule has 58 heavy (non-hydrogen) atoms. The summed E-state index contributed by atoms with van der Waals surface area (Å²) in [6.07, 6.45) is -4.84. The van der Waals surface area contributed by atoms with E-state index in [4.69, 9.17) is 9.47 Å². The topological polar surface area (TPSA) is 238 Å². The average Bonchev–Trinajstić information content (AvgIpc) is 3.57. The predicted molar refractivity (Wildman–Crippen MR) is 206 cm³/mol. The largest absolute Gasteiger partial charge is 0.508 e. The molecule has 7 atom stereocenters. The van der Waals surface area contributed by atoms with Gasteiger partial charge in [0.2, 0.25) is 0 Å². The summed E-state index contributed by atoms with van der Waals surface area (Å²) in [7, 11) is 0. The molecule has 0 spiro atoms. The molecule has 2 aliphatic heterocycles. The molecule has 296 valence electrons. The van der Waals surface area contributed by atoms with Gasteiger partial charge in [-0.2, -0.15) is 0 Å². The molecule has 1 fully saturated rings. The lowest BCUT2D eigenvalue weighted by Crippen LogP contribution is -2.34. The Kier molecular flexibility index (Phi) is 9.63. The second-order valence-corrected chi connectivity index (χ2v) is 14.6. The smallest absolute Gasteiger partial charge is 0.173 e. The SMILES string of the molecule is O=C(c1ccc(O)cc1O)[C@@H]1[C@@H]([C@@H](c2ccc(O)cc2)c2c(O)cc(O)c3c2O[C@H](c2ccc(O)cc2)[C@@H](O)C3)[C@@H](c2ccc(O)cc2O)O[C@H]1c1ccc(O)cc1. The summed E-state index contributed by atoms with van der Waals surface area (Å²) in [6.45, 7) is 0. The molecule has 0 amide bonds. The summed E-state index contributed by atoms with van der Waals surface area (Å²) in [5, 5.41) is 108. The highest BCUT2D eigenvalue weighted by Gasteiger charge is 2.55. The summed E-state index contributed by atoms with van der Waals surface area (Å²) in [5.74, 6) is -6.95. The van der Waals surface area contributed by atoms with E-state index in [0.29, 0.717) is 16.7 Å². The fraction of sp³-hybridized carbons (Fsp3) is 0.178. The number of benzene rings is 6. The Balaban J connectivity index is 1.43. The number of carbonyl (C=O) groups is 1. The van der Waals surface area contributed by atoms with Crippen molar-refractivity contribution in [3.8, 4) is 57.5 Å². The molecule has 10 N–H and O–H groups in total. The number of aliphatic hydroxyl groups is 1. The molecule has 0 bridgehead atoms. The van der Waals surface area contributed by atoms with Gasteiger partial charge in [-0.05, 0) is 77.4 Å². The van der Waals surface area contributed by atoms with Crippen LogP contribution in [-0.4, -0.2) is 63.0 Å². The molecule has 2 heterocycles. The minimum atomic E-state index is -1.32. The Morgan fingerprint density at radius 1 is 0.552 bits per heavy atom. The van der Waals surface area contributed by atoms with Gasteiger partial charge in [0.1, 0.15) is 63.6 Å². The van der Waals surface area contributed by atoms with Gasteiger partial charge >= 0.3 is 0 Å². The van der Waals surface area contributed by atoms with E-state index in [1.165, 1.54) is 60.7 Å². The second-order valence-electron chi connectivity index (χ2n) is 14.6. The zero-order valence-corrected chi connectivity index (χ0v) is 30.4. The molecule has 6 aromatic rings. The molecule has 0 aromatic heterocycles. The van der Waals surface area contributed by atoms with E-state index in [1.807, 2.05) is 0 Å². The number of hydrogen-bond donors (Lipinski definition) is 10. The van der Waals surface area contributed by atoms with Crippen LogP contribution in [0.1, 0.15) is 68.0 Å². The first-order chi connectivity index (χ1) is 27.8. The third-order valence-electron chi connectivity index (χ3n) is 11.0. The maximum atomic E-state index is 15.2. The number of carbonyl (C=O) groups excluding carboxylic acids is 1. The average molecular weight is 787 g/mol. The van der Waals surface area contributed by atoms with Gasteiger partial charge in [0.05, 0.1) is 29.8 Å². The van der Waals surface area contributed by atoms with Crippen LogP contribution in [0.3, 0.4) is 0 Å². The van der Waals surface area contributed by atoms with Gasteiger partial charge < -0.3 is 60.5 Å². The maximum Gasteiger partial charge on any atom is 0.173 e. The highest BCUT2D eigenvalue weighted by Crippen LogP contribution is 2.62. The van der Waals surface area contributed by atoms with Crippen LogP contribution in [0.15, 0.2) is 115 Å². The fourth-order valence-electron chi connectivity index (χ4n) is 8.39. The Hall–Kier alpha value is -7.09. The molecule has 6 aromatic carbocycles. The minimum absolute atomic E-state index is 0.0267. The van der Waals surface area contributed by atoms with Crippen molar-refractivity contribution >= 4 is 5.78 Å². The van der Waals surface area contributed by atoms with Gasteiger partial charge in [0.15, 0.2) is 5.78 Å². The molecular weight excluding hydrogens is 748 g/mol. The molecule has 13 nitrogen and oxygen atoms in total. The quantitative estimate of drug-likeness (QED) is 0.0713. The van der Waals surface area contributed by atoms with Crippen LogP contribution >= 0.6 is 0 Å². The number of hydrogen-bond acceptors (Lipinski definition) is 13. The number of fused-ring (bicyclic) bond motifs is 1. The number of ether oxygens (including phenoxy) is 2. The van der Waals surface area contributed by atoms with Gasteiger partial charge in [-0.25, -0.2) is 0 Å². The lowest BCUT2D eigenvalue weighted by atomic mass is 9.67. The maximum absolute atomic E-state index is 15.2. The van der Waals surface area contributed by atoms with Crippen LogP contribution < -0.4 is 4.74 Å². The van der Waals surface area contributed by atoms with E-state index in [2.05, 4.69) is 0 Å². The molecule has 2 aliphatic rings. The van der Waals surface area contributed by atoms with E-state index in [0.717, 1.165) is 18.2 Å². The lowest BCUT2D eigenvalue weighted by Gasteiger charge is -2.38. The van der Waals surface area contributed by atoms with Crippen LogP contribution in [-0.2, 0) is 11.2 Å². The molecule has 0 unspecified atom stereocenters. The van der Waals surface area contributed by atoms with Gasteiger partial charge in [-0.15, -0.1) is 0 Å². The van der Waals surface area contributed by atoms with Crippen LogP contribution in [0.4, 0.5) is 0 Å². The summed E-state index contributed by atoms with van der Waals surface area (Å²) >= 11 is 0. The standard InChI is InChI=1S/C45H38O13/c46-24-7-1-21(2-8-24)37(38-35(54)20-34(53)31-19-36(55)42(57-45(31)38)22-3-9-25(47)10-4-22)39-40(41(56)29-15-13-27(49)17-32(29)51)43(23-5-11-26(48)12-6-23)58-44(39)30-16-14-28(50)18-33(30)52/h1-18,20,36-37,39-40,42-44,46-55H,19H2/t36-,37-,39+,40-,42+,43-,44+/m0/s1. The van der Waals surface area contributed by atoms with E-state index < -0.39 is 65.2 Å². The predicted octanol–water partition coefficient (Wildman–Crippen LogP) is 6.83. The molecule has 1 saturated heterocycles. The number of phenols is 9. The normalized spacial score (nSPS) is 21.8. The highest BCUT2D eigenvalue weighted by molar-refractivity contribution is 6.01. The van der Waals surface area contributed by atoms with Crippen LogP contribution in [0, 0.1) is 11.8 Å². The Bertz CT molecular complexity index is 2500. The van der Waals surface area contributed by atoms with Gasteiger partial charge in [0.25, 0.3) is 0 Å². The number of ketones is 1. The zero-order valence-electron chi connectivity index (χ0n) is 30.4. The second kappa shape index (κ2) is 14.8. The van der Waals surface area contributed by atoms with E-state index >= 15 is 4.79 Å². The van der Waals surface area contributed by atoms with Gasteiger partial charge in [-0.3, -0.25) is 4.79 Å². The van der Waals surface area contributed by atoms with Gasteiger partial charge in [0, 0.05) is 53.1 Å². The molecule has 0 aliphatic carbocycles. The molecule has 13 heteroatoms. The zero-order chi connectivity index (χ0) is 41.0.